The summed E-state index contributed by atoms with van der Waals surface area (Å²) in [6, 6.07) is 14.6. The third-order valence-corrected chi connectivity index (χ3v) is 8.67. The number of fused-ring (bicyclic) bond motifs is 1. The number of hydrogen-bond donors (Lipinski definition) is 3. The molecule has 4 heterocycles. The van der Waals surface area contributed by atoms with E-state index < -0.39 is 17.9 Å². The van der Waals surface area contributed by atoms with Crippen molar-refractivity contribution in [2.75, 3.05) is 61.2 Å². The van der Waals surface area contributed by atoms with Crippen LogP contribution in [-0.4, -0.2) is 88.9 Å². The molecule has 2 atom stereocenters. The fourth-order valence-corrected chi connectivity index (χ4v) is 6.15. The first-order chi connectivity index (χ1) is 21.3. The van der Waals surface area contributed by atoms with E-state index in [1.807, 2.05) is 53.2 Å². The molecule has 13 heteroatoms. The number of carbonyl (C=O) groups is 1. The van der Waals surface area contributed by atoms with Crippen molar-refractivity contribution in [1.29, 1.82) is 0 Å². The Morgan fingerprint density at radius 2 is 1.77 bits per heavy atom. The molecule has 0 amide bonds. The molecular weight excluding hydrogens is 585 g/mol. The van der Waals surface area contributed by atoms with E-state index in [0.29, 0.717) is 50.8 Å². The second-order valence-electron chi connectivity index (χ2n) is 10.7. The van der Waals surface area contributed by atoms with E-state index >= 15 is 4.39 Å². The Kier molecular flexibility index (Phi) is 8.34. The summed E-state index contributed by atoms with van der Waals surface area (Å²) in [6.45, 7) is 5.37. The monoisotopic (exact) mass is 619 g/mol. The third kappa shape index (κ3) is 5.53. The molecule has 2 unspecified atom stereocenters. The van der Waals surface area contributed by atoms with Gasteiger partial charge in [-0.3, -0.25) is 14.8 Å². The molecular formula is C31H34FN7O4S. The van der Waals surface area contributed by atoms with Gasteiger partial charge in [0.1, 0.15) is 17.7 Å². The zero-order valence-electron chi connectivity index (χ0n) is 24.4. The van der Waals surface area contributed by atoms with E-state index in [2.05, 4.69) is 14.8 Å². The van der Waals surface area contributed by atoms with Gasteiger partial charge < -0.3 is 24.7 Å². The molecule has 3 aromatic rings. The predicted molar refractivity (Wildman–Crippen MR) is 170 cm³/mol. The maximum absolute atomic E-state index is 15.4. The molecule has 0 bridgehead atoms. The van der Waals surface area contributed by atoms with Gasteiger partial charge in [0.2, 0.25) is 0 Å². The van der Waals surface area contributed by atoms with Gasteiger partial charge in [0.15, 0.2) is 11.3 Å². The van der Waals surface area contributed by atoms with Crippen LogP contribution in [0.1, 0.15) is 24.2 Å². The smallest absolute Gasteiger partial charge is 0.336 e. The highest BCUT2D eigenvalue weighted by atomic mass is 32.1. The molecule has 1 fully saturated rings. The molecule has 6 rings (SSSR count). The quantitative estimate of drug-likeness (QED) is 0.324. The van der Waals surface area contributed by atoms with E-state index in [1.165, 1.54) is 12.3 Å². The minimum absolute atomic E-state index is 0.176. The van der Waals surface area contributed by atoms with Crippen molar-refractivity contribution in [3.8, 4) is 5.75 Å². The number of carboxylic acids is 1. The Morgan fingerprint density at radius 1 is 1.07 bits per heavy atom. The Bertz CT molecular complexity index is 1580. The maximum Gasteiger partial charge on any atom is 0.336 e. The van der Waals surface area contributed by atoms with Gasteiger partial charge >= 0.3 is 5.97 Å². The number of aliphatic hydroxyl groups is 1. The molecule has 1 aromatic heterocycles. The number of halogens is 1. The summed E-state index contributed by atoms with van der Waals surface area (Å²) in [5.41, 5.74) is 2.59. The number of methoxy groups -OCH3 is 1. The van der Waals surface area contributed by atoms with E-state index in [4.69, 9.17) is 22.5 Å². The molecule has 11 nitrogen and oxygen atoms in total. The summed E-state index contributed by atoms with van der Waals surface area (Å²) in [5.74, 6) is -0.199. The first-order valence-corrected chi connectivity index (χ1v) is 14.9. The number of hydrogen-bond acceptors (Lipinski definition) is 11. The molecule has 3 aliphatic rings. The summed E-state index contributed by atoms with van der Waals surface area (Å²) in [4.78, 5) is 23.8. The number of hydrazone groups is 1. The normalized spacial score (nSPS) is 20.4. The number of carboxylic acid groups (broad SMARTS) is 1. The number of nitrogens with zero attached hydrogens (tertiary/aromatic N) is 7. The van der Waals surface area contributed by atoms with Crippen molar-refractivity contribution >= 4 is 41.5 Å². The van der Waals surface area contributed by atoms with Gasteiger partial charge in [-0.15, -0.1) is 12.6 Å². The molecule has 3 aliphatic heterocycles. The molecule has 0 radical (unpaired) electrons. The molecule has 0 aliphatic carbocycles. The highest BCUT2D eigenvalue weighted by Crippen LogP contribution is 2.40. The minimum Gasteiger partial charge on any atom is -0.497 e. The number of pyridine rings is 1. The van der Waals surface area contributed by atoms with Crippen LogP contribution in [0.4, 0.5) is 21.5 Å². The Balaban J connectivity index is 1.18. The number of rotatable bonds is 8. The SMILES string of the molecule is CCN1C=C(C(=O)O)C(O)c2cc(F)c(N3CCN(CN4N=C(c5ccncc5)N(c5ccc(OC)cc5)C4S)CC3)cc21. The van der Waals surface area contributed by atoms with Crippen LogP contribution in [0.3, 0.4) is 0 Å². The van der Waals surface area contributed by atoms with Gasteiger partial charge in [-0.2, -0.15) is 5.10 Å². The standard InChI is InChI=1S/C31H34FN7O4S/c1-3-36-18-24(30(41)42)28(40)23-16-25(32)27(17-26(23)36)37-14-12-35(13-15-37)19-38-31(44)39(21-4-6-22(43-2)7-5-21)29(34-38)20-8-10-33-11-9-20/h4-11,16-18,28,31,40,44H,3,12-15,19H2,1-2H3,(H,41,42). The van der Waals surface area contributed by atoms with Crippen LogP contribution in [0.2, 0.25) is 0 Å². The van der Waals surface area contributed by atoms with E-state index in [0.717, 1.165) is 22.8 Å². The average Bonchev–Trinajstić information content (AvgIpc) is 3.37. The van der Waals surface area contributed by atoms with Crippen molar-refractivity contribution < 1.29 is 24.1 Å². The van der Waals surface area contributed by atoms with E-state index in [-0.39, 0.29) is 16.6 Å². The van der Waals surface area contributed by atoms with Crippen molar-refractivity contribution in [3.05, 3.63) is 89.6 Å². The number of aliphatic carboxylic acids is 1. The molecule has 44 heavy (non-hydrogen) atoms. The number of aliphatic hydroxyl groups excluding tert-OH is 1. The lowest BCUT2D eigenvalue weighted by Gasteiger charge is -2.39. The Hall–Kier alpha value is -4.33. The molecule has 0 saturated carbocycles. The molecule has 230 valence electrons. The van der Waals surface area contributed by atoms with E-state index in [1.54, 1.807) is 30.5 Å². The predicted octanol–water partition coefficient (Wildman–Crippen LogP) is 3.55. The number of ether oxygens (including phenoxy) is 1. The lowest BCUT2D eigenvalue weighted by atomic mass is 9.95. The van der Waals surface area contributed by atoms with Crippen molar-refractivity contribution in [1.82, 2.24) is 14.9 Å². The van der Waals surface area contributed by atoms with Crippen LogP contribution < -0.4 is 19.4 Å². The number of thiol groups is 1. The lowest BCUT2D eigenvalue weighted by molar-refractivity contribution is -0.133. The van der Waals surface area contributed by atoms with Gasteiger partial charge in [0.05, 0.1) is 25.0 Å². The molecule has 2 N–H and O–H groups in total. The average molecular weight is 620 g/mol. The zero-order valence-corrected chi connectivity index (χ0v) is 25.3. The van der Waals surface area contributed by atoms with Gasteiger partial charge in [-0.05, 0) is 55.5 Å². The van der Waals surface area contributed by atoms with Crippen LogP contribution in [0, 0.1) is 5.82 Å². The topological polar surface area (TPSA) is 108 Å². The summed E-state index contributed by atoms with van der Waals surface area (Å²) in [6.07, 6.45) is 3.51. The van der Waals surface area contributed by atoms with Crippen molar-refractivity contribution in [2.24, 2.45) is 5.10 Å². The largest absolute Gasteiger partial charge is 0.497 e. The van der Waals surface area contributed by atoms with Crippen LogP contribution in [-0.2, 0) is 4.79 Å². The first-order valence-electron chi connectivity index (χ1n) is 14.4. The van der Waals surface area contributed by atoms with Crippen LogP contribution >= 0.6 is 12.6 Å². The number of aromatic nitrogens is 1. The molecule has 0 spiro atoms. The Labute approximate surface area is 260 Å². The van der Waals surface area contributed by atoms with Gasteiger partial charge in [-0.25, -0.2) is 14.2 Å². The number of benzene rings is 2. The van der Waals surface area contributed by atoms with Crippen LogP contribution in [0.5, 0.6) is 5.75 Å². The Morgan fingerprint density at radius 3 is 2.41 bits per heavy atom. The van der Waals surface area contributed by atoms with Crippen LogP contribution in [0.15, 0.2) is 77.8 Å². The first kappa shape index (κ1) is 29.7. The maximum atomic E-state index is 15.4. The molecule has 1 saturated heterocycles. The van der Waals surface area contributed by atoms with Gasteiger partial charge in [0.25, 0.3) is 0 Å². The molecule has 2 aromatic carbocycles. The summed E-state index contributed by atoms with van der Waals surface area (Å²) >= 11 is 4.97. The van der Waals surface area contributed by atoms with E-state index in [9.17, 15) is 15.0 Å². The second kappa shape index (κ2) is 12.3. The van der Waals surface area contributed by atoms with Crippen molar-refractivity contribution in [2.45, 2.75) is 18.5 Å². The number of amidine groups is 1. The summed E-state index contributed by atoms with van der Waals surface area (Å²) in [5, 5.41) is 27.0. The highest BCUT2D eigenvalue weighted by Gasteiger charge is 2.36. The van der Waals surface area contributed by atoms with Gasteiger partial charge in [0, 0.05) is 73.8 Å². The minimum atomic E-state index is -1.39. The summed E-state index contributed by atoms with van der Waals surface area (Å²) in [7, 11) is 1.63. The number of piperazine rings is 1. The lowest BCUT2D eigenvalue weighted by Crippen LogP contribution is -2.51. The fourth-order valence-electron chi connectivity index (χ4n) is 5.79. The highest BCUT2D eigenvalue weighted by molar-refractivity contribution is 7.81. The second-order valence-corrected chi connectivity index (χ2v) is 11.2. The van der Waals surface area contributed by atoms with Crippen LogP contribution in [0.25, 0.3) is 0 Å². The van der Waals surface area contributed by atoms with Crippen molar-refractivity contribution in [3.63, 3.8) is 0 Å². The third-order valence-electron chi connectivity index (χ3n) is 8.17. The summed E-state index contributed by atoms with van der Waals surface area (Å²) < 4.78 is 20.8. The zero-order chi connectivity index (χ0) is 31.0. The number of anilines is 3. The van der Waals surface area contributed by atoms with Gasteiger partial charge in [-0.1, -0.05) is 0 Å². The fraction of sp³-hybridized carbons (Fsp3) is 0.323.